The molecule has 0 unspecified atom stereocenters. The molecule has 0 saturated carbocycles. The molecule has 56 heavy (non-hydrogen) atoms. The molecule has 0 atom stereocenters. The number of hydrogen-bond acceptors (Lipinski definition) is 2. The van der Waals surface area contributed by atoms with Crippen molar-refractivity contribution in [2.75, 3.05) is 4.90 Å². The third-order valence-corrected chi connectivity index (χ3v) is 11.9. The number of hydrogen-bond donors (Lipinski definition) is 0. The predicted molar refractivity (Wildman–Crippen MR) is 241 cm³/mol. The maximum absolute atomic E-state index is 2.39. The van der Waals surface area contributed by atoms with E-state index < -0.39 is 0 Å². The van der Waals surface area contributed by atoms with Crippen molar-refractivity contribution >= 4 is 48.6 Å². The van der Waals surface area contributed by atoms with Gasteiger partial charge in [0.1, 0.15) is 0 Å². The van der Waals surface area contributed by atoms with E-state index in [0.717, 1.165) is 17.1 Å². The molecule has 264 valence electrons. The van der Waals surface area contributed by atoms with Crippen LogP contribution >= 0.6 is 11.3 Å². The quantitative estimate of drug-likeness (QED) is 0.150. The summed E-state index contributed by atoms with van der Waals surface area (Å²) in [7, 11) is 0. The van der Waals surface area contributed by atoms with Crippen LogP contribution < -0.4 is 4.90 Å². The van der Waals surface area contributed by atoms with Gasteiger partial charge < -0.3 is 4.90 Å². The molecule has 0 spiro atoms. The monoisotopic (exact) mass is 731 g/mol. The molecule has 10 aromatic rings. The van der Waals surface area contributed by atoms with Crippen molar-refractivity contribution in [3.8, 4) is 55.6 Å². The van der Waals surface area contributed by atoms with Crippen molar-refractivity contribution in [1.82, 2.24) is 0 Å². The van der Waals surface area contributed by atoms with Crippen LogP contribution in [0.4, 0.5) is 17.1 Å². The van der Waals surface area contributed by atoms with Crippen molar-refractivity contribution in [3.05, 3.63) is 224 Å². The molecule has 0 aliphatic rings. The molecule has 1 aromatic heterocycles. The van der Waals surface area contributed by atoms with E-state index in [9.17, 15) is 0 Å². The number of para-hydroxylation sites is 1. The fraction of sp³-hybridized carbons (Fsp3) is 0. The normalized spacial score (nSPS) is 11.2. The van der Waals surface area contributed by atoms with E-state index in [0.29, 0.717) is 0 Å². The average molecular weight is 732 g/mol. The highest BCUT2D eigenvalue weighted by Gasteiger charge is 2.20. The number of thiophene rings is 1. The van der Waals surface area contributed by atoms with Gasteiger partial charge in [-0.25, -0.2) is 0 Å². The average Bonchev–Trinajstić information content (AvgIpc) is 3.67. The molecule has 9 aromatic carbocycles. The van der Waals surface area contributed by atoms with Gasteiger partial charge in [0.15, 0.2) is 0 Å². The Labute approximate surface area is 332 Å². The van der Waals surface area contributed by atoms with E-state index in [4.69, 9.17) is 0 Å². The summed E-state index contributed by atoms with van der Waals surface area (Å²) < 4.78 is 2.63. The van der Waals surface area contributed by atoms with Gasteiger partial charge in [-0.1, -0.05) is 188 Å². The third-order valence-electron chi connectivity index (χ3n) is 10.7. The van der Waals surface area contributed by atoms with E-state index in [2.05, 4.69) is 229 Å². The molecule has 0 aliphatic heterocycles. The standard InChI is InChI=1S/C54H37NS/c1-4-14-38(15-5-1)40-24-26-44(27-25-40)53-48(36-37-50-49-21-11-13-23-52(49)56-54(50)53)43-30-34-46(35-31-43)55(45-32-28-41(29-33-45)39-16-6-2-7-17-39)51-22-12-10-20-47(51)42-18-8-3-9-19-42/h1-37H. The number of nitrogens with zero attached hydrogens (tertiary/aromatic N) is 1. The Balaban J connectivity index is 1.11. The minimum atomic E-state index is 1.10. The van der Waals surface area contributed by atoms with E-state index in [1.54, 1.807) is 0 Å². The molecule has 2 heteroatoms. The molecule has 1 nitrogen and oxygen atoms in total. The first-order chi connectivity index (χ1) is 27.8. The molecule has 0 aliphatic carbocycles. The predicted octanol–water partition coefficient (Wildman–Crippen LogP) is 15.9. The lowest BCUT2D eigenvalue weighted by atomic mass is 9.91. The molecule has 0 N–H and O–H groups in total. The number of fused-ring (bicyclic) bond motifs is 3. The van der Waals surface area contributed by atoms with Crippen LogP contribution in [-0.2, 0) is 0 Å². The molecule has 0 fully saturated rings. The molecule has 0 bridgehead atoms. The summed E-state index contributed by atoms with van der Waals surface area (Å²) in [6.07, 6.45) is 0. The molecular formula is C54H37NS. The zero-order valence-electron chi connectivity index (χ0n) is 30.7. The molecular weight excluding hydrogens is 695 g/mol. The summed E-state index contributed by atoms with van der Waals surface area (Å²) in [4.78, 5) is 2.39. The van der Waals surface area contributed by atoms with Gasteiger partial charge in [-0.05, 0) is 80.9 Å². The van der Waals surface area contributed by atoms with Gasteiger partial charge in [0, 0.05) is 42.7 Å². The van der Waals surface area contributed by atoms with Gasteiger partial charge in [-0.3, -0.25) is 0 Å². The Morgan fingerprint density at radius 2 is 0.732 bits per heavy atom. The molecule has 1 heterocycles. The highest BCUT2D eigenvalue weighted by atomic mass is 32.1. The zero-order valence-corrected chi connectivity index (χ0v) is 31.5. The van der Waals surface area contributed by atoms with Gasteiger partial charge in [0.2, 0.25) is 0 Å². The minimum Gasteiger partial charge on any atom is -0.310 e. The Hall–Kier alpha value is -7.00. The van der Waals surface area contributed by atoms with Crippen LogP contribution in [0.5, 0.6) is 0 Å². The van der Waals surface area contributed by atoms with Crippen LogP contribution in [-0.4, -0.2) is 0 Å². The van der Waals surface area contributed by atoms with Gasteiger partial charge in [0.25, 0.3) is 0 Å². The Bertz CT molecular complexity index is 2910. The topological polar surface area (TPSA) is 3.24 Å². The number of rotatable bonds is 8. The lowest BCUT2D eigenvalue weighted by Gasteiger charge is -2.28. The van der Waals surface area contributed by atoms with E-state index in [-0.39, 0.29) is 0 Å². The van der Waals surface area contributed by atoms with Crippen LogP contribution in [0, 0.1) is 0 Å². The first-order valence-corrected chi connectivity index (χ1v) is 19.9. The lowest BCUT2D eigenvalue weighted by molar-refractivity contribution is 1.28. The van der Waals surface area contributed by atoms with Crippen LogP contribution in [0.2, 0.25) is 0 Å². The maximum atomic E-state index is 2.39. The van der Waals surface area contributed by atoms with Gasteiger partial charge in [-0.15, -0.1) is 11.3 Å². The van der Waals surface area contributed by atoms with Crippen molar-refractivity contribution < 1.29 is 0 Å². The van der Waals surface area contributed by atoms with Crippen molar-refractivity contribution in [1.29, 1.82) is 0 Å². The molecule has 0 amide bonds. The van der Waals surface area contributed by atoms with Crippen LogP contribution in [0.25, 0.3) is 75.8 Å². The second kappa shape index (κ2) is 14.7. The van der Waals surface area contributed by atoms with Gasteiger partial charge in [0.05, 0.1) is 5.69 Å². The highest BCUT2D eigenvalue weighted by molar-refractivity contribution is 7.26. The zero-order chi connectivity index (χ0) is 37.3. The summed E-state index contributed by atoms with van der Waals surface area (Å²) in [6.45, 7) is 0. The Morgan fingerprint density at radius 3 is 1.36 bits per heavy atom. The van der Waals surface area contributed by atoms with Gasteiger partial charge >= 0.3 is 0 Å². The van der Waals surface area contributed by atoms with Crippen LogP contribution in [0.15, 0.2) is 224 Å². The van der Waals surface area contributed by atoms with Crippen molar-refractivity contribution in [3.63, 3.8) is 0 Å². The number of benzene rings is 9. The van der Waals surface area contributed by atoms with Crippen LogP contribution in [0.3, 0.4) is 0 Å². The van der Waals surface area contributed by atoms with Crippen molar-refractivity contribution in [2.24, 2.45) is 0 Å². The maximum Gasteiger partial charge on any atom is 0.0540 e. The fourth-order valence-electron chi connectivity index (χ4n) is 7.96. The molecule has 10 rings (SSSR count). The Morgan fingerprint density at radius 1 is 0.286 bits per heavy atom. The summed E-state index contributed by atoms with van der Waals surface area (Å²) in [5.41, 5.74) is 15.5. The lowest BCUT2D eigenvalue weighted by Crippen LogP contribution is -2.11. The van der Waals surface area contributed by atoms with E-state index in [1.807, 2.05) is 11.3 Å². The van der Waals surface area contributed by atoms with Crippen molar-refractivity contribution in [2.45, 2.75) is 0 Å². The second-order valence-corrected chi connectivity index (χ2v) is 15.1. The number of anilines is 3. The van der Waals surface area contributed by atoms with E-state index in [1.165, 1.54) is 75.8 Å². The highest BCUT2D eigenvalue weighted by Crippen LogP contribution is 2.46. The van der Waals surface area contributed by atoms with Crippen LogP contribution in [0.1, 0.15) is 0 Å². The summed E-state index contributed by atoms with van der Waals surface area (Å²) in [5.74, 6) is 0. The summed E-state index contributed by atoms with van der Waals surface area (Å²) >= 11 is 1.89. The Kier molecular flexibility index (Phi) is 8.79. The van der Waals surface area contributed by atoms with Gasteiger partial charge in [-0.2, -0.15) is 0 Å². The first-order valence-electron chi connectivity index (χ1n) is 19.1. The summed E-state index contributed by atoms with van der Waals surface area (Å²) in [5, 5.41) is 2.61. The summed E-state index contributed by atoms with van der Waals surface area (Å²) in [6, 6.07) is 81.2. The largest absolute Gasteiger partial charge is 0.310 e. The SMILES string of the molecule is c1ccc(-c2ccc(-c3c(-c4ccc(N(c5ccc(-c6ccccc6)cc5)c5ccccc5-c5ccccc5)cc4)ccc4c3sc3ccccc34)cc2)cc1. The molecule has 0 radical (unpaired) electrons. The first kappa shape index (κ1) is 33.6. The van der Waals surface area contributed by atoms with E-state index >= 15 is 0 Å². The smallest absolute Gasteiger partial charge is 0.0540 e. The fourth-order valence-corrected chi connectivity index (χ4v) is 9.23. The molecule has 0 saturated heterocycles. The third kappa shape index (κ3) is 6.26. The minimum absolute atomic E-state index is 1.10. The second-order valence-electron chi connectivity index (χ2n) is 14.1.